The summed E-state index contributed by atoms with van der Waals surface area (Å²) in [5.41, 5.74) is 2.00. The maximum absolute atomic E-state index is 13.6. The lowest BCUT2D eigenvalue weighted by molar-refractivity contribution is -0.168. The zero-order valence-electron chi connectivity index (χ0n) is 21.9. The van der Waals surface area contributed by atoms with Gasteiger partial charge in [0.15, 0.2) is 0 Å². The van der Waals surface area contributed by atoms with E-state index >= 15 is 0 Å². The molecule has 0 bridgehead atoms. The van der Waals surface area contributed by atoms with Gasteiger partial charge in [-0.05, 0) is 83.9 Å². The van der Waals surface area contributed by atoms with Crippen molar-refractivity contribution in [2.45, 2.75) is 107 Å². The van der Waals surface area contributed by atoms with Crippen molar-refractivity contribution in [2.75, 3.05) is 0 Å². The molecule has 0 aromatic rings. The second-order valence-electron chi connectivity index (χ2n) is 14.4. The van der Waals surface area contributed by atoms with Gasteiger partial charge in [-0.15, -0.1) is 0 Å². The van der Waals surface area contributed by atoms with Crippen molar-refractivity contribution in [1.29, 1.82) is 0 Å². The molecular weight excluding hydrogens is 392 g/mol. The first-order chi connectivity index (χ1) is 14.7. The third-order valence-electron chi connectivity index (χ3n) is 12.7. The molecule has 2 heteroatoms. The number of carbonyl (C=O) groups is 2. The summed E-state index contributed by atoms with van der Waals surface area (Å²) in [6.07, 6.45) is 11.0. The molecule has 5 aliphatic carbocycles. The van der Waals surface area contributed by atoms with Gasteiger partial charge < -0.3 is 0 Å². The van der Waals surface area contributed by atoms with Crippen LogP contribution in [0.4, 0.5) is 0 Å². The highest BCUT2D eigenvalue weighted by Crippen LogP contribution is 2.75. The summed E-state index contributed by atoms with van der Waals surface area (Å²) in [7, 11) is 0. The van der Waals surface area contributed by atoms with E-state index in [1.165, 1.54) is 19.3 Å². The molecule has 178 valence electrons. The van der Waals surface area contributed by atoms with Crippen molar-refractivity contribution in [2.24, 2.45) is 56.7 Å². The fraction of sp³-hybridized carbons (Fsp3) is 0.867. The topological polar surface area (TPSA) is 34.1 Å². The lowest BCUT2D eigenvalue weighted by Gasteiger charge is -2.68. The summed E-state index contributed by atoms with van der Waals surface area (Å²) in [6, 6.07) is 0. The standard InChI is InChI=1S/C30H46O2/c1-18(2)21-17-22(31)25-28(21,6)15-16-29(7)20-9-10-23-26(3,4)24(32)12-13-27(23,5)19(20)11-14-30(25,29)8/h11,18,20-21,23,25H,9-10,12-17H2,1-8H3. The molecule has 8 unspecified atom stereocenters. The van der Waals surface area contributed by atoms with Crippen LogP contribution in [0, 0.1) is 56.7 Å². The Hall–Kier alpha value is -0.920. The lowest BCUT2D eigenvalue weighted by atomic mass is 9.35. The molecule has 32 heavy (non-hydrogen) atoms. The predicted octanol–water partition coefficient (Wildman–Crippen LogP) is 7.41. The SMILES string of the molecule is CC(C)C1CC(=O)C2C1(C)CCC1(C)C3CCC4C(C)(C)C(=O)CCC4(C)C3=CCC21C. The van der Waals surface area contributed by atoms with Crippen LogP contribution in [0.25, 0.3) is 0 Å². The Labute approximate surface area is 196 Å². The predicted molar refractivity (Wildman–Crippen MR) is 130 cm³/mol. The van der Waals surface area contributed by atoms with E-state index in [0.29, 0.717) is 35.2 Å². The smallest absolute Gasteiger partial charge is 0.138 e. The number of hydrogen-bond donors (Lipinski definition) is 0. The van der Waals surface area contributed by atoms with Crippen LogP contribution >= 0.6 is 0 Å². The van der Waals surface area contributed by atoms with Crippen LogP contribution < -0.4 is 0 Å². The Kier molecular flexibility index (Phi) is 4.71. The maximum Gasteiger partial charge on any atom is 0.138 e. The molecule has 0 saturated heterocycles. The van der Waals surface area contributed by atoms with Gasteiger partial charge in [-0.25, -0.2) is 0 Å². The van der Waals surface area contributed by atoms with Gasteiger partial charge in [-0.2, -0.15) is 0 Å². The highest BCUT2D eigenvalue weighted by Gasteiger charge is 2.70. The average Bonchev–Trinajstić information content (AvgIpc) is 2.98. The molecule has 0 spiro atoms. The van der Waals surface area contributed by atoms with E-state index in [4.69, 9.17) is 0 Å². The molecule has 0 aromatic carbocycles. The molecule has 2 nitrogen and oxygen atoms in total. The molecule has 8 atom stereocenters. The molecule has 5 rings (SSSR count). The molecule has 0 aromatic heterocycles. The number of rotatable bonds is 1. The molecule has 0 amide bonds. The number of allylic oxidation sites excluding steroid dienone is 2. The molecule has 5 aliphatic rings. The molecule has 0 aliphatic heterocycles. The van der Waals surface area contributed by atoms with E-state index in [-0.39, 0.29) is 33.0 Å². The Balaban J connectivity index is 1.59. The molecule has 4 saturated carbocycles. The van der Waals surface area contributed by atoms with Gasteiger partial charge in [0, 0.05) is 24.2 Å². The normalized spacial score (nSPS) is 52.1. The lowest BCUT2D eigenvalue weighted by Crippen LogP contribution is -2.62. The van der Waals surface area contributed by atoms with Gasteiger partial charge in [0.2, 0.25) is 0 Å². The van der Waals surface area contributed by atoms with Crippen molar-refractivity contribution in [3.05, 3.63) is 11.6 Å². The van der Waals surface area contributed by atoms with E-state index in [9.17, 15) is 9.59 Å². The summed E-state index contributed by atoms with van der Waals surface area (Å²) >= 11 is 0. The van der Waals surface area contributed by atoms with E-state index in [1.54, 1.807) is 5.57 Å². The molecule has 0 N–H and O–H groups in total. The van der Waals surface area contributed by atoms with E-state index < -0.39 is 0 Å². The minimum absolute atomic E-state index is 0.0537. The van der Waals surface area contributed by atoms with Crippen molar-refractivity contribution < 1.29 is 9.59 Å². The van der Waals surface area contributed by atoms with E-state index in [0.717, 1.165) is 32.1 Å². The summed E-state index contributed by atoms with van der Waals surface area (Å²) < 4.78 is 0. The van der Waals surface area contributed by atoms with Gasteiger partial charge in [-0.1, -0.05) is 67.0 Å². The summed E-state index contributed by atoms with van der Waals surface area (Å²) in [6.45, 7) is 19.1. The van der Waals surface area contributed by atoms with Crippen LogP contribution in [0.15, 0.2) is 11.6 Å². The minimum Gasteiger partial charge on any atom is -0.299 e. The van der Waals surface area contributed by atoms with Gasteiger partial charge in [-0.3, -0.25) is 9.59 Å². The van der Waals surface area contributed by atoms with Crippen molar-refractivity contribution >= 4 is 11.6 Å². The third kappa shape index (κ3) is 2.48. The van der Waals surface area contributed by atoms with Crippen LogP contribution in [-0.2, 0) is 9.59 Å². The van der Waals surface area contributed by atoms with Gasteiger partial charge >= 0.3 is 0 Å². The fourth-order valence-electron chi connectivity index (χ4n) is 10.8. The van der Waals surface area contributed by atoms with Gasteiger partial charge in [0.1, 0.15) is 11.6 Å². The first-order valence-electron chi connectivity index (χ1n) is 13.5. The Bertz CT molecular complexity index is 895. The Morgan fingerprint density at radius 1 is 0.906 bits per heavy atom. The molecule has 0 radical (unpaired) electrons. The van der Waals surface area contributed by atoms with E-state index in [2.05, 4.69) is 61.5 Å². The zero-order valence-corrected chi connectivity index (χ0v) is 21.9. The largest absolute Gasteiger partial charge is 0.299 e. The first-order valence-corrected chi connectivity index (χ1v) is 13.5. The number of fused-ring (bicyclic) bond motifs is 7. The second-order valence-corrected chi connectivity index (χ2v) is 14.4. The Morgan fingerprint density at radius 2 is 1.59 bits per heavy atom. The number of hydrogen-bond acceptors (Lipinski definition) is 2. The Morgan fingerprint density at radius 3 is 2.25 bits per heavy atom. The first kappa shape index (κ1) is 22.9. The van der Waals surface area contributed by atoms with Crippen LogP contribution in [0.5, 0.6) is 0 Å². The molecular formula is C30H46O2. The van der Waals surface area contributed by atoms with Crippen molar-refractivity contribution in [3.63, 3.8) is 0 Å². The average molecular weight is 439 g/mol. The monoisotopic (exact) mass is 438 g/mol. The van der Waals surface area contributed by atoms with Crippen LogP contribution in [0.2, 0.25) is 0 Å². The van der Waals surface area contributed by atoms with Gasteiger partial charge in [0.25, 0.3) is 0 Å². The molecule has 0 heterocycles. The van der Waals surface area contributed by atoms with Crippen molar-refractivity contribution in [3.8, 4) is 0 Å². The highest BCUT2D eigenvalue weighted by molar-refractivity contribution is 5.87. The fourth-order valence-corrected chi connectivity index (χ4v) is 10.8. The second kappa shape index (κ2) is 6.60. The van der Waals surface area contributed by atoms with Crippen LogP contribution in [0.1, 0.15) is 107 Å². The van der Waals surface area contributed by atoms with Crippen molar-refractivity contribution in [1.82, 2.24) is 0 Å². The number of Topliss-reactive ketones (excluding diaryl/α,β-unsaturated/α-hetero) is 2. The summed E-state index contributed by atoms with van der Waals surface area (Å²) in [5, 5.41) is 0. The summed E-state index contributed by atoms with van der Waals surface area (Å²) in [5.74, 6) is 3.37. The number of ketones is 2. The molecule has 4 fully saturated rings. The zero-order chi connectivity index (χ0) is 23.5. The third-order valence-corrected chi connectivity index (χ3v) is 12.7. The summed E-state index contributed by atoms with van der Waals surface area (Å²) in [4.78, 5) is 26.5. The van der Waals surface area contributed by atoms with Gasteiger partial charge in [0.05, 0.1) is 0 Å². The van der Waals surface area contributed by atoms with Crippen LogP contribution in [0.3, 0.4) is 0 Å². The van der Waals surface area contributed by atoms with E-state index in [1.807, 2.05) is 0 Å². The van der Waals surface area contributed by atoms with Crippen LogP contribution in [-0.4, -0.2) is 11.6 Å². The minimum atomic E-state index is -0.211. The highest BCUT2D eigenvalue weighted by atomic mass is 16.1. The maximum atomic E-state index is 13.6. The number of carbonyl (C=O) groups excluding carboxylic acids is 2. The quantitative estimate of drug-likeness (QED) is 0.399.